The molecule has 4 nitrogen and oxygen atoms in total. The number of H-pyrrole nitrogens is 1. The summed E-state index contributed by atoms with van der Waals surface area (Å²) in [6, 6.07) is 3.32. The quantitative estimate of drug-likeness (QED) is 0.734. The highest BCUT2D eigenvalue weighted by molar-refractivity contribution is 5.76. The van der Waals surface area contributed by atoms with Gasteiger partial charge >= 0.3 is 0 Å². The number of aromatic nitrogens is 1. The molecule has 0 spiro atoms. The van der Waals surface area contributed by atoms with Gasteiger partial charge in [0.05, 0.1) is 0 Å². The number of nitrogens with one attached hydrogen (secondary N) is 1. The van der Waals surface area contributed by atoms with E-state index in [4.69, 9.17) is 0 Å². The first-order valence-electron chi connectivity index (χ1n) is 5.19. The summed E-state index contributed by atoms with van der Waals surface area (Å²) in [5.41, 5.74) is 1.97. The molecule has 0 unspecified atom stereocenters. The molecule has 1 aromatic rings. The van der Waals surface area contributed by atoms with Crippen LogP contribution in [0.2, 0.25) is 0 Å². The summed E-state index contributed by atoms with van der Waals surface area (Å²) in [6.45, 7) is 3.20. The average molecular weight is 206 g/mol. The Labute approximate surface area is 87.9 Å². The fourth-order valence-corrected chi connectivity index (χ4v) is 1.89. The van der Waals surface area contributed by atoms with Crippen molar-refractivity contribution in [1.82, 2.24) is 9.88 Å². The van der Waals surface area contributed by atoms with Crippen molar-refractivity contribution in [2.45, 2.75) is 26.3 Å². The zero-order valence-electron chi connectivity index (χ0n) is 8.75. The van der Waals surface area contributed by atoms with Gasteiger partial charge in [-0.05, 0) is 5.56 Å². The molecule has 0 fully saturated rings. The fourth-order valence-electron chi connectivity index (χ4n) is 1.89. The van der Waals surface area contributed by atoms with Crippen LogP contribution in [0.3, 0.4) is 0 Å². The van der Waals surface area contributed by atoms with E-state index in [9.17, 15) is 9.59 Å². The number of fused-ring (bicyclic) bond motifs is 1. The van der Waals surface area contributed by atoms with Gasteiger partial charge in [-0.1, -0.05) is 13.0 Å². The molecule has 0 bridgehead atoms. The molecule has 0 aliphatic carbocycles. The molecule has 0 saturated heterocycles. The van der Waals surface area contributed by atoms with Gasteiger partial charge in [-0.3, -0.25) is 9.59 Å². The maximum atomic E-state index is 11.5. The second kappa shape index (κ2) is 3.88. The SMILES string of the molecule is CCC(=O)N1CCc2[nH]c(=O)ccc2C1. The zero-order valence-corrected chi connectivity index (χ0v) is 8.75. The van der Waals surface area contributed by atoms with Gasteiger partial charge in [-0.15, -0.1) is 0 Å². The molecule has 0 aromatic carbocycles. The lowest BCUT2D eigenvalue weighted by atomic mass is 10.1. The molecule has 2 rings (SSSR count). The highest BCUT2D eigenvalue weighted by atomic mass is 16.2. The second-order valence-corrected chi connectivity index (χ2v) is 3.75. The van der Waals surface area contributed by atoms with Crippen LogP contribution in [0.25, 0.3) is 0 Å². The molecule has 1 aliphatic heterocycles. The van der Waals surface area contributed by atoms with Crippen molar-refractivity contribution in [3.05, 3.63) is 33.7 Å². The summed E-state index contributed by atoms with van der Waals surface area (Å²) in [5, 5.41) is 0. The predicted octanol–water partition coefficient (Wildman–Crippen LogP) is 0.670. The summed E-state index contributed by atoms with van der Waals surface area (Å²) < 4.78 is 0. The lowest BCUT2D eigenvalue weighted by Gasteiger charge is -2.28. The van der Waals surface area contributed by atoms with Gasteiger partial charge in [0.1, 0.15) is 0 Å². The fraction of sp³-hybridized carbons (Fsp3) is 0.455. The number of aromatic amines is 1. The van der Waals surface area contributed by atoms with Gasteiger partial charge in [-0.2, -0.15) is 0 Å². The van der Waals surface area contributed by atoms with E-state index >= 15 is 0 Å². The Morgan fingerprint density at radius 3 is 3.07 bits per heavy atom. The number of rotatable bonds is 1. The summed E-state index contributed by atoms with van der Waals surface area (Å²) in [5.74, 6) is 0.173. The highest BCUT2D eigenvalue weighted by Gasteiger charge is 2.19. The molecule has 80 valence electrons. The van der Waals surface area contributed by atoms with Crippen LogP contribution in [0.1, 0.15) is 24.6 Å². The van der Waals surface area contributed by atoms with Crippen molar-refractivity contribution in [3.63, 3.8) is 0 Å². The first kappa shape index (κ1) is 9.96. The highest BCUT2D eigenvalue weighted by Crippen LogP contribution is 2.15. The molecule has 1 amide bonds. The van der Waals surface area contributed by atoms with Gasteiger partial charge in [0.25, 0.3) is 0 Å². The monoisotopic (exact) mass is 206 g/mol. The first-order chi connectivity index (χ1) is 7.20. The maximum Gasteiger partial charge on any atom is 0.248 e. The number of nitrogens with zero attached hydrogens (tertiary/aromatic N) is 1. The van der Waals surface area contributed by atoms with Crippen LogP contribution in [0, 0.1) is 0 Å². The lowest BCUT2D eigenvalue weighted by molar-refractivity contribution is -0.131. The maximum absolute atomic E-state index is 11.5. The van der Waals surface area contributed by atoms with E-state index < -0.39 is 0 Å². The van der Waals surface area contributed by atoms with Crippen LogP contribution >= 0.6 is 0 Å². The third-order valence-electron chi connectivity index (χ3n) is 2.75. The molecule has 1 aromatic heterocycles. The van der Waals surface area contributed by atoms with Crippen molar-refractivity contribution in [1.29, 1.82) is 0 Å². The van der Waals surface area contributed by atoms with Crippen LogP contribution < -0.4 is 5.56 Å². The van der Waals surface area contributed by atoms with E-state index in [0.717, 1.165) is 17.7 Å². The van der Waals surface area contributed by atoms with E-state index in [2.05, 4.69) is 4.98 Å². The number of amides is 1. The summed E-state index contributed by atoms with van der Waals surface area (Å²) in [6.07, 6.45) is 1.29. The number of carbonyl (C=O) groups excluding carboxylic acids is 1. The molecular formula is C11H14N2O2. The number of hydrogen-bond acceptors (Lipinski definition) is 2. The Morgan fingerprint density at radius 2 is 2.33 bits per heavy atom. The van der Waals surface area contributed by atoms with E-state index in [0.29, 0.717) is 19.5 Å². The molecule has 0 saturated carbocycles. The Kier molecular flexibility index (Phi) is 2.58. The van der Waals surface area contributed by atoms with Crippen molar-refractivity contribution in [2.75, 3.05) is 6.54 Å². The van der Waals surface area contributed by atoms with Crippen molar-refractivity contribution in [3.8, 4) is 0 Å². The number of hydrogen-bond donors (Lipinski definition) is 1. The van der Waals surface area contributed by atoms with Crippen LogP contribution in [0.4, 0.5) is 0 Å². The van der Waals surface area contributed by atoms with Gasteiger partial charge in [0, 0.05) is 37.7 Å². The molecule has 1 aliphatic rings. The Bertz CT molecular complexity index is 436. The van der Waals surface area contributed by atoms with E-state index in [1.54, 1.807) is 0 Å². The molecule has 1 N–H and O–H groups in total. The van der Waals surface area contributed by atoms with E-state index in [1.165, 1.54) is 6.07 Å². The lowest BCUT2D eigenvalue weighted by Crippen LogP contribution is -2.36. The summed E-state index contributed by atoms with van der Waals surface area (Å²) >= 11 is 0. The van der Waals surface area contributed by atoms with E-state index in [-0.39, 0.29) is 11.5 Å². The molecule has 0 atom stereocenters. The standard InChI is InChI=1S/C11H14N2O2/c1-2-11(15)13-6-5-9-8(7-13)3-4-10(14)12-9/h3-4H,2,5-7H2,1H3,(H,12,14). The normalized spacial score (nSPS) is 14.9. The smallest absolute Gasteiger partial charge is 0.248 e. The Hall–Kier alpha value is -1.58. The first-order valence-corrected chi connectivity index (χ1v) is 5.19. The van der Waals surface area contributed by atoms with Gasteiger partial charge in [0.2, 0.25) is 11.5 Å². The molecule has 4 heteroatoms. The van der Waals surface area contributed by atoms with Crippen molar-refractivity contribution < 1.29 is 4.79 Å². The van der Waals surface area contributed by atoms with Crippen LogP contribution in [-0.4, -0.2) is 22.3 Å². The third-order valence-corrected chi connectivity index (χ3v) is 2.75. The minimum atomic E-state index is -0.0657. The molecular weight excluding hydrogens is 192 g/mol. The Balaban J connectivity index is 2.24. The van der Waals surface area contributed by atoms with E-state index in [1.807, 2.05) is 17.9 Å². The topological polar surface area (TPSA) is 53.2 Å². The second-order valence-electron chi connectivity index (χ2n) is 3.75. The van der Waals surface area contributed by atoms with Gasteiger partial charge < -0.3 is 9.88 Å². The number of pyridine rings is 1. The summed E-state index contributed by atoms with van der Waals surface area (Å²) in [4.78, 5) is 27.2. The zero-order chi connectivity index (χ0) is 10.8. The van der Waals surface area contributed by atoms with Crippen molar-refractivity contribution >= 4 is 5.91 Å². The van der Waals surface area contributed by atoms with Crippen LogP contribution in [0.5, 0.6) is 0 Å². The van der Waals surface area contributed by atoms with Crippen molar-refractivity contribution in [2.24, 2.45) is 0 Å². The van der Waals surface area contributed by atoms with Crippen LogP contribution in [0.15, 0.2) is 16.9 Å². The summed E-state index contributed by atoms with van der Waals surface area (Å²) in [7, 11) is 0. The largest absolute Gasteiger partial charge is 0.338 e. The van der Waals surface area contributed by atoms with Crippen LogP contribution in [-0.2, 0) is 17.8 Å². The predicted molar refractivity (Wildman–Crippen MR) is 56.5 cm³/mol. The van der Waals surface area contributed by atoms with Gasteiger partial charge in [0.15, 0.2) is 0 Å². The molecule has 2 heterocycles. The average Bonchev–Trinajstić information content (AvgIpc) is 2.27. The Morgan fingerprint density at radius 1 is 1.53 bits per heavy atom. The number of carbonyl (C=O) groups is 1. The molecule has 0 radical (unpaired) electrons. The molecule has 15 heavy (non-hydrogen) atoms. The van der Waals surface area contributed by atoms with Gasteiger partial charge in [-0.25, -0.2) is 0 Å². The minimum Gasteiger partial charge on any atom is -0.338 e. The third kappa shape index (κ3) is 1.93. The minimum absolute atomic E-state index is 0.0657.